The number of hydrogen-bond acceptors (Lipinski definition) is 4. The van der Waals surface area contributed by atoms with Gasteiger partial charge in [-0.3, -0.25) is 10.1 Å². The summed E-state index contributed by atoms with van der Waals surface area (Å²) in [4.78, 5) is 10.2. The zero-order chi connectivity index (χ0) is 13.1. The minimum Gasteiger partial charge on any atom is -0.360 e. The van der Waals surface area contributed by atoms with Gasteiger partial charge in [0.2, 0.25) is 0 Å². The fourth-order valence-corrected chi connectivity index (χ4v) is 2.03. The van der Waals surface area contributed by atoms with Crippen LogP contribution in [-0.4, -0.2) is 29.4 Å². The molecule has 0 bridgehead atoms. The van der Waals surface area contributed by atoms with Gasteiger partial charge in [0.1, 0.15) is 18.6 Å². The highest BCUT2D eigenvalue weighted by Gasteiger charge is 2.16. The summed E-state index contributed by atoms with van der Waals surface area (Å²) in [5.74, 6) is 0. The van der Waals surface area contributed by atoms with E-state index in [1.54, 1.807) is 6.92 Å². The Morgan fingerprint density at radius 3 is 2.65 bits per heavy atom. The summed E-state index contributed by atoms with van der Waals surface area (Å²) in [7, 11) is -1.08. The third-order valence-corrected chi connectivity index (χ3v) is 4.19. The van der Waals surface area contributed by atoms with Crippen LogP contribution < -0.4 is 0 Å². The highest BCUT2D eigenvalue weighted by Crippen LogP contribution is 2.16. The Morgan fingerprint density at radius 2 is 2.18 bits per heavy atom. The highest BCUT2D eigenvalue weighted by atomic mass is 28.3. The van der Waals surface area contributed by atoms with E-state index >= 15 is 0 Å². The van der Waals surface area contributed by atoms with Crippen molar-refractivity contribution in [3.8, 4) is 0 Å². The van der Waals surface area contributed by atoms with Gasteiger partial charge in [0.15, 0.2) is 0 Å². The van der Waals surface area contributed by atoms with Gasteiger partial charge in [0.05, 0.1) is 4.92 Å². The molecule has 0 saturated heterocycles. The maximum absolute atomic E-state index is 10.6. The molecule has 0 spiro atoms. The fraction of sp³-hybridized carbons (Fsp3) is 0.700. The molecule has 0 aliphatic rings. The molecule has 17 heavy (non-hydrogen) atoms. The molecule has 0 N–H and O–H groups in total. The number of nitrogens with zero attached hydrogens (tertiary/aromatic N) is 3. The van der Waals surface area contributed by atoms with E-state index in [0.717, 1.165) is 6.04 Å². The first-order chi connectivity index (χ1) is 7.81. The van der Waals surface area contributed by atoms with E-state index in [4.69, 9.17) is 4.74 Å². The Bertz CT molecular complexity index is 398. The largest absolute Gasteiger partial charge is 0.360 e. The topological polar surface area (TPSA) is 70.2 Å². The lowest BCUT2D eigenvalue weighted by Crippen LogP contribution is -2.22. The minimum atomic E-state index is -1.08. The molecule has 0 amide bonds. The number of rotatable bonds is 6. The third kappa shape index (κ3) is 4.27. The smallest absolute Gasteiger partial charge is 0.309 e. The van der Waals surface area contributed by atoms with Crippen LogP contribution in [0.4, 0.5) is 5.69 Å². The molecule has 1 rings (SSSR count). The Hall–Kier alpha value is -1.21. The normalized spacial score (nSPS) is 11.8. The standard InChI is InChI=1S/C10H19N3O3Si/c1-9-10(13(14)15)7-11-12(9)8-16-5-6-17(2,3)4/h7H,5-6,8H2,1-4H3. The molecule has 1 aromatic rings. The predicted octanol–water partition coefficient (Wildman–Crippen LogP) is 2.41. The summed E-state index contributed by atoms with van der Waals surface area (Å²) < 4.78 is 7.00. The summed E-state index contributed by atoms with van der Waals surface area (Å²) in [6.45, 7) is 9.47. The van der Waals surface area contributed by atoms with Crippen LogP contribution in [-0.2, 0) is 11.5 Å². The van der Waals surface area contributed by atoms with Crippen LogP contribution in [0.15, 0.2) is 6.20 Å². The molecule has 1 heterocycles. The second-order valence-electron chi connectivity index (χ2n) is 5.22. The Kier molecular flexibility index (Phi) is 4.41. The van der Waals surface area contributed by atoms with Gasteiger partial charge in [0, 0.05) is 14.7 Å². The SMILES string of the molecule is Cc1c([N+](=O)[O-])cnn1COCC[Si](C)(C)C. The van der Waals surface area contributed by atoms with Crippen molar-refractivity contribution >= 4 is 13.8 Å². The lowest BCUT2D eigenvalue weighted by Gasteiger charge is -2.15. The van der Waals surface area contributed by atoms with Crippen LogP contribution >= 0.6 is 0 Å². The molecule has 0 atom stereocenters. The van der Waals surface area contributed by atoms with Gasteiger partial charge in [-0.05, 0) is 13.0 Å². The molecule has 0 aromatic carbocycles. The molecule has 0 saturated carbocycles. The number of nitro groups is 1. The number of hydrogen-bond donors (Lipinski definition) is 0. The summed E-state index contributed by atoms with van der Waals surface area (Å²) in [6, 6.07) is 1.08. The zero-order valence-electron chi connectivity index (χ0n) is 10.8. The van der Waals surface area contributed by atoms with Crippen LogP contribution in [0.2, 0.25) is 25.7 Å². The maximum atomic E-state index is 10.6. The summed E-state index contributed by atoms with van der Waals surface area (Å²) >= 11 is 0. The van der Waals surface area contributed by atoms with Crippen molar-refractivity contribution in [2.45, 2.75) is 39.3 Å². The van der Waals surface area contributed by atoms with Crippen molar-refractivity contribution in [2.75, 3.05) is 6.61 Å². The van der Waals surface area contributed by atoms with E-state index in [9.17, 15) is 10.1 Å². The second-order valence-corrected chi connectivity index (χ2v) is 10.8. The van der Waals surface area contributed by atoms with Gasteiger partial charge >= 0.3 is 5.69 Å². The van der Waals surface area contributed by atoms with E-state index < -0.39 is 13.0 Å². The first kappa shape index (κ1) is 13.9. The summed E-state index contributed by atoms with van der Waals surface area (Å²) in [6.07, 6.45) is 1.26. The number of aromatic nitrogens is 2. The van der Waals surface area contributed by atoms with E-state index in [0.29, 0.717) is 12.3 Å². The van der Waals surface area contributed by atoms with Crippen LogP contribution in [0.5, 0.6) is 0 Å². The lowest BCUT2D eigenvalue weighted by molar-refractivity contribution is -0.385. The summed E-state index contributed by atoms with van der Waals surface area (Å²) in [5.41, 5.74) is 0.571. The third-order valence-electron chi connectivity index (χ3n) is 2.48. The predicted molar refractivity (Wildman–Crippen MR) is 67.7 cm³/mol. The lowest BCUT2D eigenvalue weighted by atomic mass is 10.4. The average molecular weight is 257 g/mol. The molecule has 0 radical (unpaired) electrons. The van der Waals surface area contributed by atoms with E-state index in [2.05, 4.69) is 24.7 Å². The van der Waals surface area contributed by atoms with E-state index in [-0.39, 0.29) is 12.4 Å². The molecular formula is C10H19N3O3Si. The molecule has 6 nitrogen and oxygen atoms in total. The second kappa shape index (κ2) is 5.41. The van der Waals surface area contributed by atoms with Crippen molar-refractivity contribution in [3.63, 3.8) is 0 Å². The fourth-order valence-electron chi connectivity index (χ4n) is 1.28. The minimum absolute atomic E-state index is 0.0406. The molecule has 0 aliphatic heterocycles. The first-order valence-electron chi connectivity index (χ1n) is 5.56. The monoisotopic (exact) mass is 257 g/mol. The quantitative estimate of drug-likeness (QED) is 0.339. The maximum Gasteiger partial charge on any atom is 0.309 e. The van der Waals surface area contributed by atoms with E-state index in [1.165, 1.54) is 10.9 Å². The van der Waals surface area contributed by atoms with Gasteiger partial charge in [0.25, 0.3) is 0 Å². The Balaban J connectivity index is 2.45. The molecule has 0 unspecified atom stereocenters. The van der Waals surface area contributed by atoms with Crippen LogP contribution in [0.25, 0.3) is 0 Å². The Labute approximate surface area is 102 Å². The molecular weight excluding hydrogens is 238 g/mol. The van der Waals surface area contributed by atoms with Gasteiger partial charge in [-0.25, -0.2) is 4.68 Å². The Morgan fingerprint density at radius 1 is 1.53 bits per heavy atom. The van der Waals surface area contributed by atoms with Crippen LogP contribution in [0, 0.1) is 17.0 Å². The van der Waals surface area contributed by atoms with E-state index in [1.807, 2.05) is 0 Å². The molecule has 0 fully saturated rings. The van der Waals surface area contributed by atoms with Crippen molar-refractivity contribution < 1.29 is 9.66 Å². The summed E-state index contributed by atoms with van der Waals surface area (Å²) in [5, 5.41) is 14.5. The highest BCUT2D eigenvalue weighted by molar-refractivity contribution is 6.76. The van der Waals surface area contributed by atoms with Crippen molar-refractivity contribution in [3.05, 3.63) is 22.0 Å². The first-order valence-corrected chi connectivity index (χ1v) is 9.26. The average Bonchev–Trinajstić information content (AvgIpc) is 2.53. The van der Waals surface area contributed by atoms with Gasteiger partial charge in [-0.15, -0.1) is 0 Å². The molecule has 1 aromatic heterocycles. The van der Waals surface area contributed by atoms with Crippen LogP contribution in [0.1, 0.15) is 5.69 Å². The molecule has 96 valence electrons. The molecule has 7 heteroatoms. The van der Waals surface area contributed by atoms with Crippen molar-refractivity contribution in [1.82, 2.24) is 9.78 Å². The van der Waals surface area contributed by atoms with Gasteiger partial charge < -0.3 is 4.74 Å². The number of ether oxygens (including phenoxy) is 1. The molecule has 0 aliphatic carbocycles. The van der Waals surface area contributed by atoms with Crippen molar-refractivity contribution in [1.29, 1.82) is 0 Å². The van der Waals surface area contributed by atoms with Gasteiger partial charge in [-0.1, -0.05) is 19.6 Å². The van der Waals surface area contributed by atoms with Crippen LogP contribution in [0.3, 0.4) is 0 Å². The van der Waals surface area contributed by atoms with Gasteiger partial charge in [-0.2, -0.15) is 5.10 Å². The van der Waals surface area contributed by atoms with Crippen molar-refractivity contribution in [2.24, 2.45) is 0 Å². The zero-order valence-corrected chi connectivity index (χ0v) is 11.8.